The maximum Gasteiger partial charge on any atom is 0.334 e. The molecule has 0 aliphatic heterocycles. The summed E-state index contributed by atoms with van der Waals surface area (Å²) in [4.78, 5) is 33.1. The first-order valence-corrected chi connectivity index (χ1v) is 6.16. The van der Waals surface area contributed by atoms with Crippen molar-refractivity contribution in [2.45, 2.75) is 32.6 Å². The number of ether oxygens (including phenoxy) is 2. The van der Waals surface area contributed by atoms with Crippen LogP contribution in [0.2, 0.25) is 0 Å². The van der Waals surface area contributed by atoms with Gasteiger partial charge in [-0.2, -0.15) is 0 Å². The van der Waals surface area contributed by atoms with Gasteiger partial charge < -0.3 is 19.7 Å². The van der Waals surface area contributed by atoms with Crippen molar-refractivity contribution < 1.29 is 34.1 Å². The van der Waals surface area contributed by atoms with Gasteiger partial charge in [0.1, 0.15) is 0 Å². The maximum absolute atomic E-state index is 11.8. The number of methoxy groups -OCH3 is 1. The lowest BCUT2D eigenvalue weighted by atomic mass is 10.0. The van der Waals surface area contributed by atoms with Crippen molar-refractivity contribution in [2.24, 2.45) is 0 Å². The van der Waals surface area contributed by atoms with E-state index in [1.165, 1.54) is 6.92 Å². The molecule has 0 aromatic heterocycles. The number of carbonyl (C=O) groups is 3. The van der Waals surface area contributed by atoms with Crippen LogP contribution in [0.15, 0.2) is 11.1 Å². The van der Waals surface area contributed by atoms with Gasteiger partial charge in [-0.1, -0.05) is 5.57 Å². The number of hydrogen-bond donors (Lipinski definition) is 2. The molecule has 0 aliphatic rings. The van der Waals surface area contributed by atoms with Gasteiger partial charge in [-0.25, -0.2) is 4.79 Å². The maximum atomic E-state index is 11.8. The van der Waals surface area contributed by atoms with Crippen molar-refractivity contribution in [3.8, 4) is 0 Å². The zero-order chi connectivity index (χ0) is 15.5. The lowest BCUT2D eigenvalue weighted by Gasteiger charge is -2.09. The monoisotopic (exact) mass is 288 g/mol. The van der Waals surface area contributed by atoms with Crippen molar-refractivity contribution in [3.63, 3.8) is 0 Å². The summed E-state index contributed by atoms with van der Waals surface area (Å²) in [5.74, 6) is -3.11. The summed E-state index contributed by atoms with van der Waals surface area (Å²) in [6.07, 6.45) is 0.380. The number of esters is 1. The van der Waals surface area contributed by atoms with Gasteiger partial charge in [-0.05, 0) is 19.8 Å². The molecule has 114 valence electrons. The van der Waals surface area contributed by atoms with Gasteiger partial charge in [0, 0.05) is 19.3 Å². The quantitative estimate of drug-likeness (QED) is 0.353. The number of rotatable bonds is 10. The normalized spacial score (nSPS) is 11.7. The van der Waals surface area contributed by atoms with Gasteiger partial charge in [0.2, 0.25) is 0 Å². The van der Waals surface area contributed by atoms with Crippen LogP contribution in [0.5, 0.6) is 0 Å². The highest BCUT2D eigenvalue weighted by atomic mass is 16.5. The fraction of sp³-hybridized carbons (Fsp3) is 0.615. The number of carboxylic acids is 2. The largest absolute Gasteiger partial charge is 0.481 e. The van der Waals surface area contributed by atoms with Crippen LogP contribution in [0.3, 0.4) is 0 Å². The summed E-state index contributed by atoms with van der Waals surface area (Å²) in [6, 6.07) is 0. The third kappa shape index (κ3) is 8.25. The van der Waals surface area contributed by atoms with Crippen LogP contribution in [0, 0.1) is 0 Å². The van der Waals surface area contributed by atoms with E-state index in [9.17, 15) is 14.4 Å². The lowest BCUT2D eigenvalue weighted by Crippen LogP contribution is -2.15. The Morgan fingerprint density at radius 2 is 1.50 bits per heavy atom. The van der Waals surface area contributed by atoms with Crippen molar-refractivity contribution in [1.29, 1.82) is 0 Å². The van der Waals surface area contributed by atoms with E-state index in [2.05, 4.69) is 0 Å². The average molecular weight is 288 g/mol. The van der Waals surface area contributed by atoms with Crippen molar-refractivity contribution in [3.05, 3.63) is 11.1 Å². The third-order valence-electron chi connectivity index (χ3n) is 2.48. The first kappa shape index (κ1) is 18.1. The molecule has 0 spiro atoms. The van der Waals surface area contributed by atoms with Crippen LogP contribution >= 0.6 is 0 Å². The molecule has 0 fully saturated rings. The van der Waals surface area contributed by atoms with Gasteiger partial charge in [0.25, 0.3) is 0 Å². The molecule has 0 atom stereocenters. The summed E-state index contributed by atoms with van der Waals surface area (Å²) in [6.45, 7) is 2.11. The zero-order valence-electron chi connectivity index (χ0n) is 11.7. The summed E-state index contributed by atoms with van der Waals surface area (Å²) >= 11 is 0. The zero-order valence-corrected chi connectivity index (χ0v) is 11.7. The molecule has 20 heavy (non-hydrogen) atoms. The molecule has 0 aromatic carbocycles. The molecular formula is C13H20O7. The second-order valence-corrected chi connectivity index (χ2v) is 4.24. The fourth-order valence-corrected chi connectivity index (χ4v) is 1.48. The standard InChI is InChI=1S/C13H20O7/c1-9(7-11(14)15)10(8-12(16)17)13(18)20-6-4-3-5-19-2/h3-8H2,1-2H3,(H,14,15)(H,16,17)/b10-9-. The first-order valence-electron chi connectivity index (χ1n) is 6.16. The van der Waals surface area contributed by atoms with E-state index in [1.54, 1.807) is 7.11 Å². The summed E-state index contributed by atoms with van der Waals surface area (Å²) in [5.41, 5.74) is 0.0911. The van der Waals surface area contributed by atoms with Gasteiger partial charge in [0.05, 0.1) is 19.4 Å². The fourth-order valence-electron chi connectivity index (χ4n) is 1.48. The number of carbonyl (C=O) groups excluding carboxylic acids is 1. The Morgan fingerprint density at radius 3 is 2.00 bits per heavy atom. The molecule has 0 radical (unpaired) electrons. The van der Waals surface area contributed by atoms with Crippen LogP contribution in [0.25, 0.3) is 0 Å². The van der Waals surface area contributed by atoms with Crippen LogP contribution in [-0.4, -0.2) is 48.4 Å². The van der Waals surface area contributed by atoms with E-state index in [4.69, 9.17) is 19.7 Å². The minimum Gasteiger partial charge on any atom is -0.481 e. The lowest BCUT2D eigenvalue weighted by molar-refractivity contribution is -0.143. The minimum atomic E-state index is -1.21. The minimum absolute atomic E-state index is 0.105. The molecule has 0 aromatic rings. The van der Waals surface area contributed by atoms with E-state index in [1.807, 2.05) is 0 Å². The second kappa shape index (κ2) is 9.96. The molecule has 0 heterocycles. The SMILES string of the molecule is COCCCCOC(=O)/C(CC(=O)O)=C(/C)CC(=O)O. The number of hydrogen-bond acceptors (Lipinski definition) is 5. The molecule has 2 N–H and O–H groups in total. The third-order valence-corrected chi connectivity index (χ3v) is 2.48. The Balaban J connectivity index is 4.57. The van der Waals surface area contributed by atoms with Crippen LogP contribution in [-0.2, 0) is 23.9 Å². The number of unbranched alkanes of at least 4 members (excludes halogenated alkanes) is 1. The molecule has 7 nitrogen and oxygen atoms in total. The van der Waals surface area contributed by atoms with Crippen LogP contribution in [0.4, 0.5) is 0 Å². The molecule has 7 heteroatoms. The highest BCUT2D eigenvalue weighted by Crippen LogP contribution is 2.15. The molecule has 0 rings (SSSR count). The van der Waals surface area contributed by atoms with Gasteiger partial charge in [0.15, 0.2) is 0 Å². The molecule has 0 saturated heterocycles. The molecule has 0 amide bonds. The van der Waals surface area contributed by atoms with Crippen molar-refractivity contribution >= 4 is 17.9 Å². The topological polar surface area (TPSA) is 110 Å². The number of carboxylic acid groups (broad SMARTS) is 2. The van der Waals surface area contributed by atoms with E-state index in [0.717, 1.165) is 6.42 Å². The Labute approximate surface area is 117 Å². The van der Waals surface area contributed by atoms with E-state index in [-0.39, 0.29) is 24.2 Å². The van der Waals surface area contributed by atoms with Gasteiger partial charge >= 0.3 is 17.9 Å². The number of aliphatic carboxylic acids is 2. The van der Waals surface area contributed by atoms with Crippen molar-refractivity contribution in [2.75, 3.05) is 20.3 Å². The molecule has 0 bridgehead atoms. The highest BCUT2D eigenvalue weighted by Gasteiger charge is 2.19. The Morgan fingerprint density at radius 1 is 0.950 bits per heavy atom. The van der Waals surface area contributed by atoms with Crippen molar-refractivity contribution in [1.82, 2.24) is 0 Å². The molecule has 0 unspecified atom stereocenters. The van der Waals surface area contributed by atoms with Crippen LogP contribution < -0.4 is 0 Å². The summed E-state index contributed by atoms with van der Waals surface area (Å²) < 4.78 is 9.78. The van der Waals surface area contributed by atoms with Gasteiger partial charge in [-0.3, -0.25) is 9.59 Å². The Hall–Kier alpha value is -1.89. The Bertz CT molecular complexity index is 384. The second-order valence-electron chi connectivity index (χ2n) is 4.24. The summed E-state index contributed by atoms with van der Waals surface area (Å²) in [7, 11) is 1.56. The molecule has 0 saturated carbocycles. The van der Waals surface area contributed by atoms with E-state index >= 15 is 0 Å². The molecule has 0 aliphatic carbocycles. The van der Waals surface area contributed by atoms with Crippen LogP contribution in [0.1, 0.15) is 32.6 Å². The highest BCUT2D eigenvalue weighted by molar-refractivity contribution is 5.95. The molecular weight excluding hydrogens is 268 g/mol. The smallest absolute Gasteiger partial charge is 0.334 e. The van der Waals surface area contributed by atoms with Gasteiger partial charge in [-0.15, -0.1) is 0 Å². The average Bonchev–Trinajstić information content (AvgIpc) is 2.34. The van der Waals surface area contributed by atoms with E-state index in [0.29, 0.717) is 13.0 Å². The predicted octanol–water partition coefficient (Wildman–Crippen LogP) is 1.22. The van der Waals surface area contributed by atoms with E-state index < -0.39 is 24.3 Å². The predicted molar refractivity (Wildman–Crippen MR) is 69.3 cm³/mol. The first-order chi connectivity index (χ1) is 9.38. The Kier molecular flexibility index (Phi) is 9.02. The summed E-state index contributed by atoms with van der Waals surface area (Å²) in [5, 5.41) is 17.4.